The lowest BCUT2D eigenvalue weighted by molar-refractivity contribution is 0.574. The smallest absolute Gasteiger partial charge is 0.0686 e. The Morgan fingerprint density at radius 2 is 2.38 bits per heavy atom. The van der Waals surface area contributed by atoms with E-state index in [0.29, 0.717) is 5.41 Å². The summed E-state index contributed by atoms with van der Waals surface area (Å²) in [6.07, 6.45) is 5.69. The summed E-state index contributed by atoms with van der Waals surface area (Å²) in [6, 6.07) is 2.14. The molecule has 13 heavy (non-hydrogen) atoms. The lowest BCUT2D eigenvalue weighted by Gasteiger charge is -2.09. The van der Waals surface area contributed by atoms with Gasteiger partial charge in [-0.05, 0) is 38.8 Å². The predicted octanol–water partition coefficient (Wildman–Crippen LogP) is 1.28. The second kappa shape index (κ2) is 3.14. The summed E-state index contributed by atoms with van der Waals surface area (Å²) in [5.41, 5.74) is 7.20. The maximum atomic E-state index is 5.60. The van der Waals surface area contributed by atoms with Gasteiger partial charge in [-0.2, -0.15) is 5.10 Å². The molecule has 0 aliphatic heterocycles. The zero-order valence-corrected chi connectivity index (χ0v) is 8.16. The van der Waals surface area contributed by atoms with Crippen molar-refractivity contribution in [2.45, 2.75) is 38.1 Å². The lowest BCUT2D eigenvalue weighted by Crippen LogP contribution is -2.14. The van der Waals surface area contributed by atoms with E-state index in [1.807, 2.05) is 4.68 Å². The Labute approximate surface area is 78.9 Å². The van der Waals surface area contributed by atoms with E-state index in [4.69, 9.17) is 5.73 Å². The Morgan fingerprint density at radius 3 is 2.85 bits per heavy atom. The lowest BCUT2D eigenvalue weighted by atomic mass is 9.99. The molecule has 2 rings (SSSR count). The minimum absolute atomic E-state index is 0.356. The average molecular weight is 179 g/mol. The van der Waals surface area contributed by atoms with Gasteiger partial charge in [-0.1, -0.05) is 0 Å². The highest BCUT2D eigenvalue weighted by molar-refractivity contribution is 5.23. The summed E-state index contributed by atoms with van der Waals surface area (Å²) in [5.74, 6) is 0. The molecule has 2 N–H and O–H groups in total. The Kier molecular flexibility index (Phi) is 2.12. The molecule has 1 aromatic heterocycles. The molecule has 1 saturated carbocycles. The van der Waals surface area contributed by atoms with Crippen molar-refractivity contribution >= 4 is 0 Å². The minimum atomic E-state index is 0.356. The fraction of sp³-hybridized carbons (Fsp3) is 0.700. The molecule has 0 atom stereocenters. The maximum absolute atomic E-state index is 5.60. The van der Waals surface area contributed by atoms with Crippen molar-refractivity contribution in [2.24, 2.45) is 5.73 Å². The van der Waals surface area contributed by atoms with Crippen molar-refractivity contribution < 1.29 is 0 Å². The van der Waals surface area contributed by atoms with Crippen LogP contribution in [0.3, 0.4) is 0 Å². The molecular formula is C10H17N3. The molecular weight excluding hydrogens is 162 g/mol. The summed E-state index contributed by atoms with van der Waals surface area (Å²) in [6.45, 7) is 3.84. The molecule has 0 unspecified atom stereocenters. The van der Waals surface area contributed by atoms with Crippen LogP contribution in [0.15, 0.2) is 12.3 Å². The molecule has 0 saturated heterocycles. The summed E-state index contributed by atoms with van der Waals surface area (Å²) >= 11 is 0. The molecule has 0 spiro atoms. The van der Waals surface area contributed by atoms with Crippen LogP contribution in [0.5, 0.6) is 0 Å². The van der Waals surface area contributed by atoms with Crippen molar-refractivity contribution in [3.8, 4) is 0 Å². The Morgan fingerprint density at radius 1 is 1.62 bits per heavy atom. The average Bonchev–Trinajstić information content (AvgIpc) is 2.78. The first-order valence-electron chi connectivity index (χ1n) is 5.05. The van der Waals surface area contributed by atoms with E-state index < -0.39 is 0 Å². The zero-order valence-electron chi connectivity index (χ0n) is 8.16. The Hall–Kier alpha value is -0.830. The van der Waals surface area contributed by atoms with Gasteiger partial charge in [-0.25, -0.2) is 0 Å². The molecule has 1 fully saturated rings. The van der Waals surface area contributed by atoms with Crippen molar-refractivity contribution in [3.05, 3.63) is 18.0 Å². The van der Waals surface area contributed by atoms with Gasteiger partial charge >= 0.3 is 0 Å². The van der Waals surface area contributed by atoms with Crippen LogP contribution in [-0.4, -0.2) is 16.3 Å². The molecule has 1 aliphatic rings. The van der Waals surface area contributed by atoms with Gasteiger partial charge in [0, 0.05) is 18.2 Å². The first-order valence-corrected chi connectivity index (χ1v) is 5.05. The third kappa shape index (κ3) is 1.48. The normalized spacial score (nSPS) is 18.9. The summed E-state index contributed by atoms with van der Waals surface area (Å²) in [4.78, 5) is 0. The highest BCUT2D eigenvalue weighted by atomic mass is 15.3. The second-order valence-corrected chi connectivity index (χ2v) is 3.88. The SMILES string of the molecule is CCn1ccc(C2(CCN)CC2)n1. The number of hydrogen-bond acceptors (Lipinski definition) is 2. The molecule has 1 aromatic rings. The summed E-state index contributed by atoms with van der Waals surface area (Å²) in [5, 5.41) is 4.54. The number of nitrogens with two attached hydrogens (primary N) is 1. The van der Waals surface area contributed by atoms with Gasteiger partial charge in [0.15, 0.2) is 0 Å². The van der Waals surface area contributed by atoms with Gasteiger partial charge in [-0.3, -0.25) is 4.68 Å². The van der Waals surface area contributed by atoms with Crippen LogP contribution < -0.4 is 5.73 Å². The number of aryl methyl sites for hydroxylation is 1. The van der Waals surface area contributed by atoms with E-state index in [1.165, 1.54) is 18.5 Å². The van der Waals surface area contributed by atoms with Gasteiger partial charge in [0.05, 0.1) is 5.69 Å². The highest BCUT2D eigenvalue weighted by Gasteiger charge is 2.45. The van der Waals surface area contributed by atoms with Crippen molar-refractivity contribution in [3.63, 3.8) is 0 Å². The largest absolute Gasteiger partial charge is 0.330 e. The number of rotatable bonds is 4. The van der Waals surface area contributed by atoms with E-state index in [9.17, 15) is 0 Å². The molecule has 0 amide bonds. The van der Waals surface area contributed by atoms with Crippen molar-refractivity contribution in [1.29, 1.82) is 0 Å². The van der Waals surface area contributed by atoms with Crippen molar-refractivity contribution in [1.82, 2.24) is 9.78 Å². The first kappa shape index (κ1) is 8.75. The van der Waals surface area contributed by atoms with Gasteiger partial charge in [0.2, 0.25) is 0 Å². The number of aromatic nitrogens is 2. The molecule has 3 heteroatoms. The van der Waals surface area contributed by atoms with Gasteiger partial charge in [0.1, 0.15) is 0 Å². The van der Waals surface area contributed by atoms with Crippen LogP contribution in [0.2, 0.25) is 0 Å². The van der Waals surface area contributed by atoms with Gasteiger partial charge in [-0.15, -0.1) is 0 Å². The van der Waals surface area contributed by atoms with Crippen LogP contribution in [0, 0.1) is 0 Å². The maximum Gasteiger partial charge on any atom is 0.0686 e. The summed E-state index contributed by atoms with van der Waals surface area (Å²) < 4.78 is 1.99. The number of hydrogen-bond donors (Lipinski definition) is 1. The fourth-order valence-corrected chi connectivity index (χ4v) is 1.88. The molecule has 1 heterocycles. The van der Waals surface area contributed by atoms with E-state index in [2.05, 4.69) is 24.3 Å². The van der Waals surface area contributed by atoms with Crippen LogP contribution in [-0.2, 0) is 12.0 Å². The minimum Gasteiger partial charge on any atom is -0.330 e. The van der Waals surface area contributed by atoms with Crippen LogP contribution >= 0.6 is 0 Å². The molecule has 0 radical (unpaired) electrons. The van der Waals surface area contributed by atoms with E-state index >= 15 is 0 Å². The van der Waals surface area contributed by atoms with Crippen LogP contribution in [0.25, 0.3) is 0 Å². The molecule has 1 aliphatic carbocycles. The molecule has 0 aromatic carbocycles. The molecule has 3 nitrogen and oxygen atoms in total. The fourth-order valence-electron chi connectivity index (χ4n) is 1.88. The Bertz CT molecular complexity index is 286. The molecule has 72 valence electrons. The number of nitrogens with zero attached hydrogens (tertiary/aromatic N) is 2. The molecule has 0 bridgehead atoms. The van der Waals surface area contributed by atoms with Crippen molar-refractivity contribution in [2.75, 3.05) is 6.54 Å². The van der Waals surface area contributed by atoms with Gasteiger partial charge in [0.25, 0.3) is 0 Å². The first-order chi connectivity index (χ1) is 6.30. The summed E-state index contributed by atoms with van der Waals surface area (Å²) in [7, 11) is 0. The zero-order chi connectivity index (χ0) is 9.31. The van der Waals surface area contributed by atoms with E-state index in [1.54, 1.807) is 0 Å². The third-order valence-electron chi connectivity index (χ3n) is 2.98. The van der Waals surface area contributed by atoms with Gasteiger partial charge < -0.3 is 5.73 Å². The quantitative estimate of drug-likeness (QED) is 0.756. The van der Waals surface area contributed by atoms with Crippen LogP contribution in [0.4, 0.5) is 0 Å². The highest BCUT2D eigenvalue weighted by Crippen LogP contribution is 2.49. The monoisotopic (exact) mass is 179 g/mol. The van der Waals surface area contributed by atoms with E-state index in [-0.39, 0.29) is 0 Å². The topological polar surface area (TPSA) is 43.8 Å². The predicted molar refractivity (Wildman–Crippen MR) is 52.5 cm³/mol. The second-order valence-electron chi connectivity index (χ2n) is 3.88. The van der Waals surface area contributed by atoms with E-state index in [0.717, 1.165) is 19.5 Å². The van der Waals surface area contributed by atoms with Crippen LogP contribution in [0.1, 0.15) is 31.9 Å². The standard InChI is InChI=1S/C10H17N3/c1-2-13-8-3-9(12-13)10(4-5-10)6-7-11/h3,8H,2,4-7,11H2,1H3. The third-order valence-corrected chi connectivity index (χ3v) is 2.98. The Balaban J connectivity index is 2.15.